The van der Waals surface area contributed by atoms with Gasteiger partial charge in [-0.15, -0.1) is 0 Å². The molecule has 0 spiro atoms. The van der Waals surface area contributed by atoms with Crippen LogP contribution in [0.1, 0.15) is 28.1 Å². The first-order valence-corrected chi connectivity index (χ1v) is 16.3. The first kappa shape index (κ1) is 34.6. The number of phenolic OH excluding ortho intramolecular Hbond substituents is 1. The van der Waals surface area contributed by atoms with Crippen molar-refractivity contribution in [2.24, 2.45) is 23.5 Å². The van der Waals surface area contributed by atoms with Gasteiger partial charge in [-0.3, -0.25) is 33.9 Å². The van der Waals surface area contributed by atoms with Crippen molar-refractivity contribution in [1.29, 1.82) is 0 Å². The summed E-state index contributed by atoms with van der Waals surface area (Å²) >= 11 is 0. The van der Waals surface area contributed by atoms with E-state index in [-0.39, 0.29) is 41.9 Å². The van der Waals surface area contributed by atoms with Crippen LogP contribution in [0.3, 0.4) is 0 Å². The molecule has 1 aromatic carbocycles. The van der Waals surface area contributed by atoms with E-state index in [4.69, 9.17) is 20.9 Å². The molecule has 1 saturated heterocycles. The second-order valence-electron chi connectivity index (χ2n) is 13.7. The van der Waals surface area contributed by atoms with Crippen LogP contribution in [0.15, 0.2) is 45.3 Å². The molecule has 0 unspecified atom stereocenters. The SMILES string of the molecule is CN(C)c1cc(-c2ccc(CN3CCN(CCO)CC3)o2)c(O)c2c1C[C@H]1C[C@H]3[C@H](N(C)C)C(O)=C(C(N)=O)C(=O)[C@@]3(ON)C(O)=C1C2=O. The Bertz CT molecular complexity index is 1760. The minimum absolute atomic E-state index is 0.0523. The number of hydrogen-bond acceptors (Lipinski definition) is 14. The quantitative estimate of drug-likeness (QED) is 0.157. The van der Waals surface area contributed by atoms with Gasteiger partial charge in [0.15, 0.2) is 5.78 Å². The number of furan rings is 1. The molecule has 2 heterocycles. The first-order valence-electron chi connectivity index (χ1n) is 16.3. The number of carbonyl (C=O) groups excluding carboxylic acids is 3. The number of anilines is 1. The number of likely N-dealkylation sites (N-methyl/N-ethyl adjacent to an activating group) is 1. The number of hydrogen-bond donors (Lipinski definition) is 6. The number of nitrogens with two attached hydrogens (primary N) is 2. The number of ketones is 2. The molecule has 4 atom stereocenters. The molecule has 1 amide bonds. The van der Waals surface area contributed by atoms with E-state index in [1.807, 2.05) is 25.1 Å². The third kappa shape index (κ3) is 5.41. The Morgan fingerprint density at radius 2 is 1.76 bits per heavy atom. The summed E-state index contributed by atoms with van der Waals surface area (Å²) in [4.78, 5) is 53.9. The van der Waals surface area contributed by atoms with Gasteiger partial charge in [0.25, 0.3) is 5.91 Å². The average molecular weight is 681 g/mol. The van der Waals surface area contributed by atoms with Gasteiger partial charge in [0, 0.05) is 64.0 Å². The number of allylic oxidation sites excluding steroid dienone is 1. The van der Waals surface area contributed by atoms with Crippen molar-refractivity contribution in [3.8, 4) is 17.1 Å². The number of β-amino-alcohol motifs (C(OH)–C–C–N with tert-alkyl or cyclic N) is 1. The summed E-state index contributed by atoms with van der Waals surface area (Å²) < 4.78 is 6.21. The van der Waals surface area contributed by atoms with Crippen LogP contribution in [0.4, 0.5) is 5.69 Å². The van der Waals surface area contributed by atoms with Crippen LogP contribution in [0, 0.1) is 11.8 Å². The molecule has 1 aliphatic heterocycles. The Hall–Kier alpha value is -4.25. The molecule has 1 aromatic heterocycles. The molecule has 15 nitrogen and oxygen atoms in total. The average Bonchev–Trinajstić information content (AvgIpc) is 3.49. The predicted molar refractivity (Wildman–Crippen MR) is 178 cm³/mol. The van der Waals surface area contributed by atoms with Crippen molar-refractivity contribution >= 4 is 23.2 Å². The number of aromatic hydroxyl groups is 1. The number of amides is 1. The summed E-state index contributed by atoms with van der Waals surface area (Å²) in [5.74, 6) is 0.362. The van der Waals surface area contributed by atoms with Crippen molar-refractivity contribution in [2.45, 2.75) is 31.0 Å². The fourth-order valence-electron chi connectivity index (χ4n) is 8.20. The molecule has 4 aliphatic rings. The van der Waals surface area contributed by atoms with Gasteiger partial charge < -0.3 is 35.5 Å². The predicted octanol–water partition coefficient (Wildman–Crippen LogP) is 0.455. The number of piperazine rings is 1. The van der Waals surface area contributed by atoms with Crippen LogP contribution in [-0.4, -0.2) is 132 Å². The molecule has 2 aromatic rings. The Morgan fingerprint density at radius 1 is 1.08 bits per heavy atom. The fourth-order valence-corrected chi connectivity index (χ4v) is 8.20. The van der Waals surface area contributed by atoms with Gasteiger partial charge in [0.1, 0.15) is 34.4 Å². The zero-order chi connectivity index (χ0) is 35.5. The third-order valence-corrected chi connectivity index (χ3v) is 10.5. The Balaban J connectivity index is 1.42. The lowest BCUT2D eigenvalue weighted by molar-refractivity contribution is -0.161. The first-order chi connectivity index (χ1) is 23.3. The number of carbonyl (C=O) groups is 3. The largest absolute Gasteiger partial charge is 0.510 e. The number of rotatable bonds is 9. The molecular weight excluding hydrogens is 636 g/mol. The number of primary amides is 1. The number of Topliss-reactive ketones (excluding diaryl/α,β-unsaturated/α-hetero) is 2. The summed E-state index contributed by atoms with van der Waals surface area (Å²) in [6.07, 6.45) is 0.268. The normalized spacial score (nSPS) is 26.2. The number of phenols is 1. The van der Waals surface area contributed by atoms with Gasteiger partial charge in [0.05, 0.1) is 30.3 Å². The number of benzene rings is 1. The van der Waals surface area contributed by atoms with E-state index in [1.54, 1.807) is 31.1 Å². The fraction of sp³-hybridized carbons (Fsp3) is 0.500. The zero-order valence-electron chi connectivity index (χ0n) is 28.1. The minimum Gasteiger partial charge on any atom is -0.510 e. The number of aliphatic hydroxyl groups excluding tert-OH is 3. The molecule has 0 bridgehead atoms. The number of nitrogens with zero attached hydrogens (tertiary/aromatic N) is 4. The van der Waals surface area contributed by atoms with Crippen molar-refractivity contribution in [1.82, 2.24) is 14.7 Å². The van der Waals surface area contributed by atoms with Gasteiger partial charge in [-0.25, -0.2) is 5.90 Å². The Morgan fingerprint density at radius 3 is 2.35 bits per heavy atom. The lowest BCUT2D eigenvalue weighted by atomic mass is 9.58. The third-order valence-electron chi connectivity index (χ3n) is 10.5. The van der Waals surface area contributed by atoms with Crippen molar-refractivity contribution in [3.05, 3.63) is 57.8 Å². The summed E-state index contributed by atoms with van der Waals surface area (Å²) in [6.45, 7) is 4.58. The Labute approximate surface area is 283 Å². The van der Waals surface area contributed by atoms with E-state index < -0.39 is 58.0 Å². The second-order valence-corrected chi connectivity index (χ2v) is 13.7. The topological polar surface area (TPSA) is 219 Å². The van der Waals surface area contributed by atoms with Crippen LogP contribution < -0.4 is 16.5 Å². The van der Waals surface area contributed by atoms with Gasteiger partial charge in [-0.05, 0) is 56.6 Å². The molecular formula is C34H44N6O9. The van der Waals surface area contributed by atoms with E-state index in [0.717, 1.165) is 26.2 Å². The maximum atomic E-state index is 14.5. The number of fused-ring (bicyclic) bond motifs is 3. The van der Waals surface area contributed by atoms with E-state index in [1.165, 1.54) is 0 Å². The van der Waals surface area contributed by atoms with Crippen molar-refractivity contribution in [2.75, 3.05) is 72.4 Å². The smallest absolute Gasteiger partial charge is 0.255 e. The van der Waals surface area contributed by atoms with Gasteiger partial charge in [0.2, 0.25) is 11.4 Å². The molecule has 6 rings (SSSR count). The zero-order valence-corrected chi connectivity index (χ0v) is 28.1. The van der Waals surface area contributed by atoms with Gasteiger partial charge in [-0.2, -0.15) is 0 Å². The molecule has 15 heteroatoms. The van der Waals surface area contributed by atoms with Crippen LogP contribution in [0.5, 0.6) is 5.75 Å². The van der Waals surface area contributed by atoms with E-state index in [0.29, 0.717) is 35.9 Å². The molecule has 264 valence electrons. The lowest BCUT2D eigenvalue weighted by Gasteiger charge is -2.51. The summed E-state index contributed by atoms with van der Waals surface area (Å²) in [5, 5.41) is 44.0. The van der Waals surface area contributed by atoms with Crippen molar-refractivity contribution < 1.29 is 44.1 Å². The highest BCUT2D eigenvalue weighted by atomic mass is 16.6. The lowest BCUT2D eigenvalue weighted by Crippen LogP contribution is -2.65. The molecule has 8 N–H and O–H groups in total. The molecule has 0 radical (unpaired) electrons. The molecule has 1 fully saturated rings. The maximum absolute atomic E-state index is 14.5. The molecule has 3 aliphatic carbocycles. The minimum atomic E-state index is -2.39. The highest BCUT2D eigenvalue weighted by Gasteiger charge is 2.65. The second kappa shape index (κ2) is 12.9. The monoisotopic (exact) mass is 680 g/mol. The summed E-state index contributed by atoms with van der Waals surface area (Å²) in [7, 11) is 6.88. The number of aliphatic hydroxyl groups is 3. The Kier molecular flexibility index (Phi) is 9.11. The molecule has 49 heavy (non-hydrogen) atoms. The van der Waals surface area contributed by atoms with Crippen LogP contribution in [0.2, 0.25) is 0 Å². The van der Waals surface area contributed by atoms with E-state index >= 15 is 0 Å². The van der Waals surface area contributed by atoms with Crippen LogP contribution in [0.25, 0.3) is 11.3 Å². The van der Waals surface area contributed by atoms with Gasteiger partial charge in [-0.1, -0.05) is 0 Å². The molecule has 0 saturated carbocycles. The van der Waals surface area contributed by atoms with E-state index in [2.05, 4.69) is 9.80 Å². The van der Waals surface area contributed by atoms with Gasteiger partial charge >= 0.3 is 0 Å². The highest BCUT2D eigenvalue weighted by molar-refractivity contribution is 6.25. The maximum Gasteiger partial charge on any atom is 0.255 e. The van der Waals surface area contributed by atoms with E-state index in [9.17, 15) is 34.8 Å². The van der Waals surface area contributed by atoms with Crippen LogP contribution in [-0.2, 0) is 27.4 Å². The van der Waals surface area contributed by atoms with Crippen molar-refractivity contribution in [3.63, 3.8) is 0 Å². The summed E-state index contributed by atoms with van der Waals surface area (Å²) in [6, 6.07) is 4.32. The summed E-state index contributed by atoms with van der Waals surface area (Å²) in [5.41, 5.74) is 3.61. The highest BCUT2D eigenvalue weighted by Crippen LogP contribution is 2.55. The standard InChI is InChI=1S/C34H44N6O9/c1-37(2)22-15-20(23-6-5-18(48-23)16-40-9-7-39(8-10-40)11-12-41)28(42)25-19(22)13-17-14-21-27(38(3)4)30(44)26(33(35)47)32(46)34(21,49-36)31(45)24(17)29(25)43/h5-6,15,17,21,27,41-42,44-45H,7-14,16,36H2,1-4H3,(H2,35,47)/t17-,21-,27-,34-/m0/s1. The van der Waals surface area contributed by atoms with Crippen LogP contribution >= 0.6 is 0 Å².